The SMILES string of the molecule is CCCNCc1nccn1Cc1ccccc1Cl. The molecule has 1 aromatic heterocycles. The Hall–Kier alpha value is -1.32. The molecule has 96 valence electrons. The normalized spacial score (nSPS) is 10.8. The van der Waals surface area contributed by atoms with Gasteiger partial charge in [0.05, 0.1) is 13.1 Å². The van der Waals surface area contributed by atoms with Gasteiger partial charge in [-0.25, -0.2) is 4.98 Å². The van der Waals surface area contributed by atoms with Crippen molar-refractivity contribution in [3.05, 3.63) is 53.1 Å². The van der Waals surface area contributed by atoms with E-state index in [-0.39, 0.29) is 0 Å². The second-order valence-corrected chi connectivity index (χ2v) is 4.65. The molecule has 0 radical (unpaired) electrons. The molecule has 0 saturated carbocycles. The van der Waals surface area contributed by atoms with Gasteiger partial charge in [0, 0.05) is 17.4 Å². The number of nitrogens with zero attached hydrogens (tertiary/aromatic N) is 2. The number of rotatable bonds is 6. The van der Waals surface area contributed by atoms with E-state index in [9.17, 15) is 0 Å². The Kier molecular flexibility index (Phi) is 4.79. The van der Waals surface area contributed by atoms with Crippen LogP contribution < -0.4 is 5.32 Å². The predicted octanol–water partition coefficient (Wildman–Crippen LogP) is 3.08. The van der Waals surface area contributed by atoms with Gasteiger partial charge >= 0.3 is 0 Å². The molecule has 2 aromatic rings. The van der Waals surface area contributed by atoms with Crippen molar-refractivity contribution >= 4 is 11.6 Å². The quantitative estimate of drug-likeness (QED) is 0.812. The van der Waals surface area contributed by atoms with Crippen LogP contribution in [0.15, 0.2) is 36.7 Å². The fourth-order valence-electron chi connectivity index (χ4n) is 1.84. The lowest BCUT2D eigenvalue weighted by Gasteiger charge is -2.09. The molecule has 2 rings (SSSR count). The highest BCUT2D eigenvalue weighted by Crippen LogP contribution is 2.16. The van der Waals surface area contributed by atoms with Crippen LogP contribution in [0.2, 0.25) is 5.02 Å². The summed E-state index contributed by atoms with van der Waals surface area (Å²) < 4.78 is 2.13. The third kappa shape index (κ3) is 3.34. The number of hydrogen-bond donors (Lipinski definition) is 1. The van der Waals surface area contributed by atoms with Gasteiger partial charge < -0.3 is 9.88 Å². The molecule has 0 unspecified atom stereocenters. The molecule has 18 heavy (non-hydrogen) atoms. The number of imidazole rings is 1. The zero-order valence-electron chi connectivity index (χ0n) is 10.6. The molecule has 0 fully saturated rings. The lowest BCUT2D eigenvalue weighted by molar-refractivity contribution is 0.615. The summed E-state index contributed by atoms with van der Waals surface area (Å²) in [6.07, 6.45) is 4.96. The molecule has 0 aliphatic carbocycles. The van der Waals surface area contributed by atoms with Gasteiger partial charge in [-0.05, 0) is 24.6 Å². The van der Waals surface area contributed by atoms with E-state index in [0.717, 1.165) is 42.5 Å². The minimum Gasteiger partial charge on any atom is -0.329 e. The Bertz CT molecular complexity index is 493. The Morgan fingerprint density at radius 3 is 2.94 bits per heavy atom. The summed E-state index contributed by atoms with van der Waals surface area (Å²) >= 11 is 6.17. The maximum Gasteiger partial charge on any atom is 0.122 e. The van der Waals surface area contributed by atoms with Crippen LogP contribution in [0, 0.1) is 0 Å². The van der Waals surface area contributed by atoms with Gasteiger partial charge in [-0.2, -0.15) is 0 Å². The highest BCUT2D eigenvalue weighted by molar-refractivity contribution is 6.31. The van der Waals surface area contributed by atoms with E-state index in [2.05, 4.69) is 21.8 Å². The summed E-state index contributed by atoms with van der Waals surface area (Å²) in [5, 5.41) is 4.17. The van der Waals surface area contributed by atoms with E-state index < -0.39 is 0 Å². The molecule has 0 spiro atoms. The van der Waals surface area contributed by atoms with Gasteiger partial charge in [-0.3, -0.25) is 0 Å². The third-order valence-electron chi connectivity index (χ3n) is 2.81. The predicted molar refractivity (Wildman–Crippen MR) is 74.8 cm³/mol. The van der Waals surface area contributed by atoms with E-state index >= 15 is 0 Å². The van der Waals surface area contributed by atoms with Crippen molar-refractivity contribution < 1.29 is 0 Å². The number of halogens is 1. The monoisotopic (exact) mass is 263 g/mol. The molecule has 0 atom stereocenters. The van der Waals surface area contributed by atoms with E-state index in [1.54, 1.807) is 0 Å². The molecule has 0 amide bonds. The van der Waals surface area contributed by atoms with Crippen molar-refractivity contribution in [1.29, 1.82) is 0 Å². The van der Waals surface area contributed by atoms with Gasteiger partial charge in [-0.15, -0.1) is 0 Å². The van der Waals surface area contributed by atoms with Gasteiger partial charge in [0.25, 0.3) is 0 Å². The van der Waals surface area contributed by atoms with Crippen LogP contribution in [0.3, 0.4) is 0 Å². The second kappa shape index (κ2) is 6.57. The van der Waals surface area contributed by atoms with Crippen LogP contribution >= 0.6 is 11.6 Å². The second-order valence-electron chi connectivity index (χ2n) is 4.24. The van der Waals surface area contributed by atoms with Crippen LogP contribution in [0.1, 0.15) is 24.7 Å². The third-order valence-corrected chi connectivity index (χ3v) is 3.18. The molecular formula is C14H18ClN3. The first-order valence-corrected chi connectivity index (χ1v) is 6.63. The van der Waals surface area contributed by atoms with Crippen molar-refractivity contribution in [1.82, 2.24) is 14.9 Å². The van der Waals surface area contributed by atoms with Crippen LogP contribution in [0.25, 0.3) is 0 Å². The van der Waals surface area contributed by atoms with Crippen LogP contribution in [-0.4, -0.2) is 16.1 Å². The first-order chi connectivity index (χ1) is 8.81. The summed E-state index contributed by atoms with van der Waals surface area (Å²) in [6.45, 7) is 4.73. The summed E-state index contributed by atoms with van der Waals surface area (Å²) in [5.74, 6) is 1.04. The standard InChI is InChI=1S/C14H18ClN3/c1-2-7-16-10-14-17-8-9-18(14)11-12-5-3-4-6-13(12)15/h3-6,8-9,16H,2,7,10-11H2,1H3. The molecule has 4 heteroatoms. The number of hydrogen-bond acceptors (Lipinski definition) is 2. The summed E-state index contributed by atoms with van der Waals surface area (Å²) in [6, 6.07) is 7.92. The number of aromatic nitrogens is 2. The average molecular weight is 264 g/mol. The molecule has 3 nitrogen and oxygen atoms in total. The minimum atomic E-state index is 0.767. The van der Waals surface area contributed by atoms with E-state index in [1.165, 1.54) is 0 Å². The largest absolute Gasteiger partial charge is 0.329 e. The van der Waals surface area contributed by atoms with Gasteiger partial charge in [0.1, 0.15) is 5.82 Å². The van der Waals surface area contributed by atoms with Crippen LogP contribution in [0.5, 0.6) is 0 Å². The fourth-order valence-corrected chi connectivity index (χ4v) is 2.03. The maximum absolute atomic E-state index is 6.17. The Morgan fingerprint density at radius 1 is 1.33 bits per heavy atom. The smallest absolute Gasteiger partial charge is 0.122 e. The first kappa shape index (κ1) is 13.1. The van der Waals surface area contributed by atoms with Crippen molar-refractivity contribution in [2.24, 2.45) is 0 Å². The Morgan fingerprint density at radius 2 is 2.17 bits per heavy atom. The van der Waals surface area contributed by atoms with Gasteiger partial charge in [-0.1, -0.05) is 36.7 Å². The van der Waals surface area contributed by atoms with Gasteiger partial charge in [0.2, 0.25) is 0 Å². The molecular weight excluding hydrogens is 246 g/mol. The van der Waals surface area contributed by atoms with Crippen molar-refractivity contribution in [2.75, 3.05) is 6.54 Å². The molecule has 0 aliphatic heterocycles. The molecule has 0 saturated heterocycles. The van der Waals surface area contributed by atoms with Crippen molar-refractivity contribution in [2.45, 2.75) is 26.4 Å². The van der Waals surface area contributed by atoms with Crippen LogP contribution in [0.4, 0.5) is 0 Å². The summed E-state index contributed by atoms with van der Waals surface area (Å²) in [7, 11) is 0. The molecule has 1 heterocycles. The highest BCUT2D eigenvalue weighted by atomic mass is 35.5. The fraction of sp³-hybridized carbons (Fsp3) is 0.357. The number of benzene rings is 1. The Labute approximate surface area is 113 Å². The van der Waals surface area contributed by atoms with Crippen molar-refractivity contribution in [3.8, 4) is 0 Å². The zero-order valence-corrected chi connectivity index (χ0v) is 11.3. The Balaban J connectivity index is 2.05. The zero-order chi connectivity index (χ0) is 12.8. The lowest BCUT2D eigenvalue weighted by Crippen LogP contribution is -2.18. The molecule has 1 aromatic carbocycles. The van der Waals surface area contributed by atoms with Crippen molar-refractivity contribution in [3.63, 3.8) is 0 Å². The van der Waals surface area contributed by atoms with E-state index in [4.69, 9.17) is 11.6 Å². The average Bonchev–Trinajstić information content (AvgIpc) is 2.80. The topological polar surface area (TPSA) is 29.9 Å². The van der Waals surface area contributed by atoms with Crippen LogP contribution in [-0.2, 0) is 13.1 Å². The highest BCUT2D eigenvalue weighted by Gasteiger charge is 2.05. The van der Waals surface area contributed by atoms with E-state index in [0.29, 0.717) is 0 Å². The molecule has 1 N–H and O–H groups in total. The minimum absolute atomic E-state index is 0.767. The molecule has 0 bridgehead atoms. The number of nitrogens with one attached hydrogen (secondary N) is 1. The molecule has 0 aliphatic rings. The van der Waals surface area contributed by atoms with Gasteiger partial charge in [0.15, 0.2) is 0 Å². The van der Waals surface area contributed by atoms with E-state index in [1.807, 2.05) is 36.7 Å². The maximum atomic E-state index is 6.17. The summed E-state index contributed by atoms with van der Waals surface area (Å²) in [5.41, 5.74) is 1.12. The lowest BCUT2D eigenvalue weighted by atomic mass is 10.2. The first-order valence-electron chi connectivity index (χ1n) is 6.25. The summed E-state index contributed by atoms with van der Waals surface area (Å²) in [4.78, 5) is 4.37.